The number of carbonyl (C=O) groups is 2. The number of halogens is 2. The molecule has 4 nitrogen and oxygen atoms in total. The molecule has 0 aromatic heterocycles. The monoisotopic (exact) mass is 380 g/mol. The number of nitrogens with zero attached hydrogens (tertiary/aromatic N) is 1. The maximum Gasteiger partial charge on any atom is 0.234 e. The van der Waals surface area contributed by atoms with Gasteiger partial charge in [0, 0.05) is 29.9 Å². The van der Waals surface area contributed by atoms with E-state index in [1.807, 2.05) is 0 Å². The summed E-state index contributed by atoms with van der Waals surface area (Å²) >= 11 is 6.99. The van der Waals surface area contributed by atoms with Crippen LogP contribution in [0.25, 0.3) is 0 Å². The lowest BCUT2D eigenvalue weighted by atomic mass is 10.2. The maximum atomic E-state index is 13.6. The van der Waals surface area contributed by atoms with Crippen molar-refractivity contribution >= 4 is 40.9 Å². The van der Waals surface area contributed by atoms with Crippen molar-refractivity contribution in [2.24, 2.45) is 0 Å². The van der Waals surface area contributed by atoms with Gasteiger partial charge in [0.2, 0.25) is 11.8 Å². The minimum Gasteiger partial charge on any atom is -0.341 e. The van der Waals surface area contributed by atoms with Gasteiger partial charge in [-0.15, -0.1) is 11.8 Å². The summed E-state index contributed by atoms with van der Waals surface area (Å²) in [5.41, 5.74) is 1.11. The van der Waals surface area contributed by atoms with Crippen LogP contribution in [0, 0.1) is 5.82 Å². The molecule has 2 rings (SSSR count). The van der Waals surface area contributed by atoms with Gasteiger partial charge in [-0.1, -0.05) is 29.8 Å². The molecule has 0 saturated carbocycles. The van der Waals surface area contributed by atoms with Crippen molar-refractivity contribution in [1.29, 1.82) is 0 Å². The van der Waals surface area contributed by atoms with Gasteiger partial charge in [-0.05, 0) is 30.3 Å². The molecule has 0 bridgehead atoms. The average molecular weight is 381 g/mol. The van der Waals surface area contributed by atoms with Crippen molar-refractivity contribution in [1.82, 2.24) is 4.90 Å². The van der Waals surface area contributed by atoms with Crippen molar-refractivity contribution in [3.8, 4) is 0 Å². The fourth-order valence-corrected chi connectivity index (χ4v) is 2.92. The molecule has 0 atom stereocenters. The van der Waals surface area contributed by atoms with E-state index in [9.17, 15) is 14.0 Å². The van der Waals surface area contributed by atoms with Crippen LogP contribution in [0.2, 0.25) is 5.02 Å². The Morgan fingerprint density at radius 2 is 1.80 bits per heavy atom. The lowest BCUT2D eigenvalue weighted by molar-refractivity contribution is -0.127. The summed E-state index contributed by atoms with van der Waals surface area (Å²) in [6, 6.07) is 13.1. The van der Waals surface area contributed by atoms with E-state index in [2.05, 4.69) is 5.32 Å². The van der Waals surface area contributed by atoms with Crippen LogP contribution in [0.15, 0.2) is 48.5 Å². The first kappa shape index (κ1) is 19.3. The third kappa shape index (κ3) is 6.40. The highest BCUT2D eigenvalue weighted by Crippen LogP contribution is 2.14. The molecule has 0 heterocycles. The SMILES string of the molecule is CN(Cc1ccccc1F)C(=O)CSCC(=O)Nc1ccc(Cl)cc1. The van der Waals surface area contributed by atoms with Crippen LogP contribution in [-0.4, -0.2) is 35.3 Å². The Bertz CT molecular complexity index is 740. The second kappa shape index (κ2) is 9.44. The molecule has 0 aliphatic rings. The van der Waals surface area contributed by atoms with Crippen molar-refractivity contribution in [3.05, 3.63) is 64.9 Å². The maximum absolute atomic E-state index is 13.6. The van der Waals surface area contributed by atoms with Gasteiger partial charge in [0.05, 0.1) is 11.5 Å². The highest BCUT2D eigenvalue weighted by atomic mass is 35.5. The lowest BCUT2D eigenvalue weighted by Gasteiger charge is -2.17. The predicted octanol–water partition coefficient (Wildman–Crippen LogP) is 3.81. The minimum atomic E-state index is -0.336. The summed E-state index contributed by atoms with van der Waals surface area (Å²) in [6.45, 7) is 0.197. The highest BCUT2D eigenvalue weighted by molar-refractivity contribution is 8.00. The van der Waals surface area contributed by atoms with Gasteiger partial charge in [-0.25, -0.2) is 4.39 Å². The van der Waals surface area contributed by atoms with Gasteiger partial charge in [-0.2, -0.15) is 0 Å². The van der Waals surface area contributed by atoms with E-state index in [4.69, 9.17) is 11.6 Å². The Kier molecular flexibility index (Phi) is 7.28. The molecule has 2 aromatic rings. The lowest BCUT2D eigenvalue weighted by Crippen LogP contribution is -2.28. The number of amides is 2. The Morgan fingerprint density at radius 1 is 1.12 bits per heavy atom. The van der Waals surface area contributed by atoms with Crippen LogP contribution < -0.4 is 5.32 Å². The summed E-state index contributed by atoms with van der Waals surface area (Å²) in [7, 11) is 1.61. The largest absolute Gasteiger partial charge is 0.341 e. The molecule has 1 N–H and O–H groups in total. The van der Waals surface area contributed by atoms with Gasteiger partial charge in [-0.3, -0.25) is 9.59 Å². The molecule has 0 aliphatic heterocycles. The number of rotatable bonds is 7. The summed E-state index contributed by atoms with van der Waals surface area (Å²) in [5, 5.41) is 3.32. The van der Waals surface area contributed by atoms with Gasteiger partial charge >= 0.3 is 0 Å². The van der Waals surface area contributed by atoms with E-state index in [1.54, 1.807) is 49.5 Å². The standard InChI is InChI=1S/C18H18ClFN2O2S/c1-22(10-13-4-2-3-5-16(13)20)18(24)12-25-11-17(23)21-15-8-6-14(19)7-9-15/h2-9H,10-12H2,1H3,(H,21,23). The van der Waals surface area contributed by atoms with Crippen molar-refractivity contribution in [2.45, 2.75) is 6.54 Å². The van der Waals surface area contributed by atoms with E-state index < -0.39 is 0 Å². The molecule has 25 heavy (non-hydrogen) atoms. The fourth-order valence-electron chi connectivity index (χ4n) is 2.04. The number of benzene rings is 2. The molecular weight excluding hydrogens is 363 g/mol. The van der Waals surface area contributed by atoms with E-state index in [0.29, 0.717) is 16.3 Å². The Balaban J connectivity index is 1.73. The van der Waals surface area contributed by atoms with Gasteiger partial charge in [0.15, 0.2) is 0 Å². The third-order valence-corrected chi connectivity index (χ3v) is 4.55. The molecule has 2 amide bonds. The van der Waals surface area contributed by atoms with Gasteiger partial charge in [0.1, 0.15) is 5.82 Å². The smallest absolute Gasteiger partial charge is 0.234 e. The molecule has 0 saturated heterocycles. The number of thioether (sulfide) groups is 1. The van der Waals surface area contributed by atoms with Gasteiger partial charge < -0.3 is 10.2 Å². The molecule has 0 fully saturated rings. The van der Waals surface area contributed by atoms with Crippen LogP contribution in [0.1, 0.15) is 5.56 Å². The number of carbonyl (C=O) groups excluding carboxylic acids is 2. The van der Waals surface area contributed by atoms with E-state index in [1.165, 1.54) is 22.7 Å². The fraction of sp³-hybridized carbons (Fsp3) is 0.222. The van der Waals surface area contributed by atoms with Crippen LogP contribution in [0.5, 0.6) is 0 Å². The molecule has 7 heteroatoms. The zero-order valence-corrected chi connectivity index (χ0v) is 15.2. The number of hydrogen-bond donors (Lipinski definition) is 1. The minimum absolute atomic E-state index is 0.152. The zero-order chi connectivity index (χ0) is 18.2. The Morgan fingerprint density at radius 3 is 2.48 bits per heavy atom. The summed E-state index contributed by atoms with van der Waals surface area (Å²) in [4.78, 5) is 25.4. The molecule has 0 radical (unpaired) electrons. The number of nitrogens with one attached hydrogen (secondary N) is 1. The van der Waals surface area contributed by atoms with E-state index in [-0.39, 0.29) is 35.7 Å². The number of anilines is 1. The number of hydrogen-bond acceptors (Lipinski definition) is 3. The summed E-state index contributed by atoms with van der Waals surface area (Å²) in [5.74, 6) is -0.387. The average Bonchev–Trinajstić information content (AvgIpc) is 2.59. The summed E-state index contributed by atoms with van der Waals surface area (Å²) < 4.78 is 13.6. The quantitative estimate of drug-likeness (QED) is 0.794. The third-order valence-electron chi connectivity index (χ3n) is 3.38. The first-order valence-electron chi connectivity index (χ1n) is 7.56. The highest BCUT2D eigenvalue weighted by Gasteiger charge is 2.12. The zero-order valence-electron chi connectivity index (χ0n) is 13.7. The van der Waals surface area contributed by atoms with Crippen molar-refractivity contribution in [2.75, 3.05) is 23.9 Å². The van der Waals surface area contributed by atoms with E-state index >= 15 is 0 Å². The molecule has 0 aliphatic carbocycles. The topological polar surface area (TPSA) is 49.4 Å². The Hall–Kier alpha value is -2.05. The summed E-state index contributed by atoms with van der Waals surface area (Å²) in [6.07, 6.45) is 0. The second-order valence-electron chi connectivity index (χ2n) is 5.39. The molecule has 0 unspecified atom stereocenters. The first-order valence-corrected chi connectivity index (χ1v) is 9.09. The normalized spacial score (nSPS) is 10.4. The molecule has 132 valence electrons. The first-order chi connectivity index (χ1) is 12.0. The van der Waals surface area contributed by atoms with Crippen molar-refractivity contribution in [3.63, 3.8) is 0 Å². The van der Waals surface area contributed by atoms with Crippen LogP contribution in [0.4, 0.5) is 10.1 Å². The molecule has 0 spiro atoms. The predicted molar refractivity (Wildman–Crippen MR) is 100 cm³/mol. The Labute approximate surface area is 155 Å². The van der Waals surface area contributed by atoms with Gasteiger partial charge in [0.25, 0.3) is 0 Å². The second-order valence-corrected chi connectivity index (χ2v) is 6.81. The van der Waals surface area contributed by atoms with Crippen molar-refractivity contribution < 1.29 is 14.0 Å². The van der Waals surface area contributed by atoms with Crippen LogP contribution in [0.3, 0.4) is 0 Å². The molecule has 2 aromatic carbocycles. The van der Waals surface area contributed by atoms with Crippen LogP contribution in [-0.2, 0) is 16.1 Å². The van der Waals surface area contributed by atoms with Crippen LogP contribution >= 0.6 is 23.4 Å². The van der Waals surface area contributed by atoms with E-state index in [0.717, 1.165) is 0 Å². The molecular formula is C18H18ClFN2O2S.